The molecule has 0 aromatic carbocycles. The van der Waals surface area contributed by atoms with Gasteiger partial charge < -0.3 is 14.5 Å². The van der Waals surface area contributed by atoms with Gasteiger partial charge >= 0.3 is 0 Å². The first-order valence-electron chi connectivity index (χ1n) is 7.24. The summed E-state index contributed by atoms with van der Waals surface area (Å²) in [6.45, 7) is 1.68. The van der Waals surface area contributed by atoms with E-state index in [1.165, 1.54) is 12.8 Å². The van der Waals surface area contributed by atoms with E-state index in [0.29, 0.717) is 24.0 Å². The van der Waals surface area contributed by atoms with Gasteiger partial charge in [0.15, 0.2) is 17.3 Å². The second-order valence-electron chi connectivity index (χ2n) is 5.65. The number of nitriles is 1. The Bertz CT molecular complexity index is 605. The van der Waals surface area contributed by atoms with E-state index in [-0.39, 0.29) is 0 Å². The lowest BCUT2D eigenvalue weighted by Crippen LogP contribution is -2.46. The normalized spacial score (nSPS) is 20.4. The highest BCUT2D eigenvalue weighted by atomic mass is 16.5. The molecule has 0 radical (unpaired) electrons. The molecule has 1 aromatic rings. The number of anilines is 1. The summed E-state index contributed by atoms with van der Waals surface area (Å²) in [6.07, 6.45) is 5.19. The summed E-state index contributed by atoms with van der Waals surface area (Å²) in [5.41, 5.74) is 0.905. The van der Waals surface area contributed by atoms with Crippen LogP contribution in [-0.2, 0) is 0 Å². The van der Waals surface area contributed by atoms with E-state index >= 15 is 0 Å². The third-order valence-electron chi connectivity index (χ3n) is 3.81. The largest absolute Gasteiger partial charge is 0.487 e. The van der Waals surface area contributed by atoms with Gasteiger partial charge in [-0.2, -0.15) is 5.26 Å². The van der Waals surface area contributed by atoms with Crippen molar-refractivity contribution >= 4 is 17.8 Å². The first-order chi connectivity index (χ1) is 10.2. The Balaban J connectivity index is 2.00. The highest BCUT2D eigenvalue weighted by Gasteiger charge is 2.31. The number of rotatable bonds is 2. The lowest BCUT2D eigenvalue weighted by atomic mass is 10.0. The second kappa shape index (κ2) is 5.60. The minimum absolute atomic E-state index is 0.349. The topological polar surface area (TPSA) is 64.8 Å². The molecule has 2 aliphatic heterocycles. The second-order valence-corrected chi connectivity index (χ2v) is 5.65. The third-order valence-corrected chi connectivity index (χ3v) is 3.81. The number of pyridine rings is 1. The van der Waals surface area contributed by atoms with Gasteiger partial charge in [0, 0.05) is 26.7 Å². The van der Waals surface area contributed by atoms with E-state index in [2.05, 4.69) is 20.9 Å². The van der Waals surface area contributed by atoms with Gasteiger partial charge in [-0.3, -0.25) is 0 Å². The number of hydrogen-bond acceptors (Lipinski definition) is 5. The summed E-state index contributed by atoms with van der Waals surface area (Å²) < 4.78 is 5.84. The fraction of sp³-hybridized carbons (Fsp3) is 0.533. The van der Waals surface area contributed by atoms with Crippen molar-refractivity contribution in [2.45, 2.75) is 25.3 Å². The molecule has 3 heterocycles. The molecule has 1 atom stereocenters. The van der Waals surface area contributed by atoms with Crippen LogP contribution in [0.4, 0.5) is 11.5 Å². The molecule has 6 heteroatoms. The molecule has 2 aliphatic rings. The SMILES string of the molecule is CN(C)C=Nc1cc2c(nc1C#N)N1CCCC[C@H]1CO2. The van der Waals surface area contributed by atoms with Crippen molar-refractivity contribution in [2.24, 2.45) is 4.99 Å². The minimum atomic E-state index is 0.349. The number of aromatic nitrogens is 1. The molecule has 3 rings (SSSR count). The van der Waals surface area contributed by atoms with E-state index < -0.39 is 0 Å². The van der Waals surface area contributed by atoms with Crippen LogP contribution in [0.1, 0.15) is 25.0 Å². The van der Waals surface area contributed by atoms with Crippen LogP contribution in [0.2, 0.25) is 0 Å². The fourth-order valence-electron chi connectivity index (χ4n) is 2.78. The summed E-state index contributed by atoms with van der Waals surface area (Å²) in [5, 5.41) is 9.32. The first-order valence-corrected chi connectivity index (χ1v) is 7.24. The fourth-order valence-corrected chi connectivity index (χ4v) is 2.78. The number of ether oxygens (including phenoxy) is 1. The maximum atomic E-state index is 9.32. The molecule has 0 bridgehead atoms. The number of hydrogen-bond donors (Lipinski definition) is 0. The van der Waals surface area contributed by atoms with E-state index in [0.717, 1.165) is 24.5 Å². The van der Waals surface area contributed by atoms with Crippen LogP contribution >= 0.6 is 0 Å². The standard InChI is InChI=1S/C15H19N5O/c1-19(2)10-17-12-7-14-15(18-13(12)8-16)20-6-4-3-5-11(20)9-21-14/h7,10-11H,3-6,9H2,1-2H3/t11-/m0/s1. The zero-order valence-electron chi connectivity index (χ0n) is 12.4. The minimum Gasteiger partial charge on any atom is -0.487 e. The van der Waals surface area contributed by atoms with Crippen LogP contribution in [0.5, 0.6) is 5.75 Å². The molecule has 0 N–H and O–H groups in total. The molecule has 1 saturated heterocycles. The average molecular weight is 285 g/mol. The van der Waals surface area contributed by atoms with E-state index in [1.807, 2.05) is 25.1 Å². The number of piperidine rings is 1. The maximum absolute atomic E-state index is 9.32. The van der Waals surface area contributed by atoms with Gasteiger partial charge in [-0.05, 0) is 19.3 Å². The van der Waals surface area contributed by atoms with Crippen LogP contribution in [0.25, 0.3) is 0 Å². The Kier molecular flexibility index (Phi) is 3.65. The Labute approximate surface area is 124 Å². The van der Waals surface area contributed by atoms with Crippen molar-refractivity contribution in [1.82, 2.24) is 9.88 Å². The van der Waals surface area contributed by atoms with Gasteiger partial charge in [0.2, 0.25) is 0 Å². The van der Waals surface area contributed by atoms with Crippen molar-refractivity contribution in [3.05, 3.63) is 11.8 Å². The smallest absolute Gasteiger partial charge is 0.173 e. The van der Waals surface area contributed by atoms with Crippen LogP contribution in [0, 0.1) is 11.3 Å². The van der Waals surface area contributed by atoms with Crippen molar-refractivity contribution in [3.63, 3.8) is 0 Å². The molecule has 110 valence electrons. The number of aliphatic imine (C=N–C) groups is 1. The maximum Gasteiger partial charge on any atom is 0.173 e. The molecule has 6 nitrogen and oxygen atoms in total. The Morgan fingerprint density at radius 3 is 3.14 bits per heavy atom. The lowest BCUT2D eigenvalue weighted by molar-refractivity contribution is 0.238. The summed E-state index contributed by atoms with van der Waals surface area (Å²) in [4.78, 5) is 12.9. The van der Waals surface area contributed by atoms with E-state index in [1.54, 1.807) is 6.34 Å². The van der Waals surface area contributed by atoms with Crippen LogP contribution in [-0.4, -0.2) is 49.5 Å². The van der Waals surface area contributed by atoms with Gasteiger partial charge in [0.1, 0.15) is 18.4 Å². The summed E-state index contributed by atoms with van der Waals surface area (Å²) in [7, 11) is 3.77. The quantitative estimate of drug-likeness (QED) is 0.613. The Hall–Kier alpha value is -2.29. The van der Waals surface area contributed by atoms with E-state index in [9.17, 15) is 5.26 Å². The highest BCUT2D eigenvalue weighted by molar-refractivity contribution is 5.69. The molecule has 1 aromatic heterocycles. The average Bonchev–Trinajstić information content (AvgIpc) is 2.51. The summed E-state index contributed by atoms with van der Waals surface area (Å²) in [6, 6.07) is 4.35. The number of nitrogens with zero attached hydrogens (tertiary/aromatic N) is 5. The molecule has 21 heavy (non-hydrogen) atoms. The van der Waals surface area contributed by atoms with Gasteiger partial charge in [-0.15, -0.1) is 0 Å². The Morgan fingerprint density at radius 2 is 2.38 bits per heavy atom. The highest BCUT2D eigenvalue weighted by Crippen LogP contribution is 2.38. The molecule has 0 unspecified atom stereocenters. The molecule has 0 saturated carbocycles. The van der Waals surface area contributed by atoms with Crippen LogP contribution in [0.15, 0.2) is 11.1 Å². The lowest BCUT2D eigenvalue weighted by Gasteiger charge is -2.40. The molecule has 0 amide bonds. The predicted octanol–water partition coefficient (Wildman–Crippen LogP) is 1.93. The van der Waals surface area contributed by atoms with Gasteiger partial charge in [-0.1, -0.05) is 0 Å². The van der Waals surface area contributed by atoms with Crippen LogP contribution < -0.4 is 9.64 Å². The van der Waals surface area contributed by atoms with Crippen LogP contribution in [0.3, 0.4) is 0 Å². The molecular weight excluding hydrogens is 266 g/mol. The van der Waals surface area contributed by atoms with Gasteiger partial charge in [0.25, 0.3) is 0 Å². The molecule has 0 aliphatic carbocycles. The van der Waals surface area contributed by atoms with Gasteiger partial charge in [0.05, 0.1) is 12.4 Å². The molecule has 1 fully saturated rings. The van der Waals surface area contributed by atoms with Gasteiger partial charge in [-0.25, -0.2) is 9.98 Å². The summed E-state index contributed by atoms with van der Waals surface area (Å²) in [5.74, 6) is 1.53. The first kappa shape index (κ1) is 13.7. The Morgan fingerprint density at radius 1 is 1.52 bits per heavy atom. The van der Waals surface area contributed by atoms with Crippen molar-refractivity contribution in [3.8, 4) is 11.8 Å². The zero-order valence-corrected chi connectivity index (χ0v) is 12.4. The zero-order chi connectivity index (χ0) is 14.8. The number of fused-ring (bicyclic) bond motifs is 3. The van der Waals surface area contributed by atoms with Crippen molar-refractivity contribution in [1.29, 1.82) is 5.26 Å². The van der Waals surface area contributed by atoms with Crippen molar-refractivity contribution < 1.29 is 4.74 Å². The predicted molar refractivity (Wildman–Crippen MR) is 81.3 cm³/mol. The molecular formula is C15H19N5O. The van der Waals surface area contributed by atoms with Crippen molar-refractivity contribution in [2.75, 3.05) is 32.1 Å². The molecule has 0 spiro atoms. The summed E-state index contributed by atoms with van der Waals surface area (Å²) >= 11 is 0. The third kappa shape index (κ3) is 2.64. The monoisotopic (exact) mass is 285 g/mol. The van der Waals surface area contributed by atoms with E-state index in [4.69, 9.17) is 4.74 Å².